The molecular weight excluding hydrogens is 586 g/mol. The van der Waals surface area contributed by atoms with Crippen molar-refractivity contribution in [3.05, 3.63) is 95.0 Å². The van der Waals surface area contributed by atoms with Crippen molar-refractivity contribution in [1.29, 1.82) is 0 Å². The standard InChI is InChI=1S/C33H42ClN3O5S/c1-5-25(3)35-33(39)30(23-26-13-8-7-9-14-26)36(24-27-18-20-28(34)21-19-27)32(38)17-12-22-37(43(4,40)41)29-15-10-11-16-31(29)42-6-2/h7-11,13-16,18-21,25,30H,5-6,12,17,22-24H2,1-4H3,(H,35,39)/t25-,30-/m0/s1. The van der Waals surface area contributed by atoms with E-state index in [2.05, 4.69) is 5.32 Å². The largest absolute Gasteiger partial charge is 0.492 e. The summed E-state index contributed by atoms with van der Waals surface area (Å²) in [4.78, 5) is 29.3. The molecule has 10 heteroatoms. The molecule has 232 valence electrons. The van der Waals surface area contributed by atoms with E-state index in [1.54, 1.807) is 41.3 Å². The van der Waals surface area contributed by atoms with Crippen LogP contribution in [0.2, 0.25) is 5.02 Å². The molecule has 2 amide bonds. The lowest BCUT2D eigenvalue weighted by molar-refractivity contribution is -0.141. The van der Waals surface area contributed by atoms with Gasteiger partial charge in [-0.2, -0.15) is 0 Å². The van der Waals surface area contributed by atoms with E-state index in [0.29, 0.717) is 29.5 Å². The number of nitrogens with one attached hydrogen (secondary N) is 1. The predicted octanol–water partition coefficient (Wildman–Crippen LogP) is 5.84. The number of benzene rings is 3. The number of anilines is 1. The quantitative estimate of drug-likeness (QED) is 0.215. The van der Waals surface area contributed by atoms with E-state index in [1.165, 1.54) is 4.31 Å². The zero-order chi connectivity index (χ0) is 31.4. The molecular formula is C33H42ClN3O5S. The van der Waals surface area contributed by atoms with E-state index in [9.17, 15) is 18.0 Å². The van der Waals surface area contributed by atoms with Crippen molar-refractivity contribution >= 4 is 39.1 Å². The van der Waals surface area contributed by atoms with Crippen molar-refractivity contribution in [2.45, 2.75) is 65.1 Å². The summed E-state index contributed by atoms with van der Waals surface area (Å²) in [6.45, 7) is 6.41. The van der Waals surface area contributed by atoms with Gasteiger partial charge in [0.05, 0.1) is 18.6 Å². The van der Waals surface area contributed by atoms with Gasteiger partial charge in [0.2, 0.25) is 21.8 Å². The summed E-state index contributed by atoms with van der Waals surface area (Å²) in [5.74, 6) is -0.0265. The lowest BCUT2D eigenvalue weighted by atomic mass is 10.0. The van der Waals surface area contributed by atoms with Crippen molar-refractivity contribution in [2.75, 3.05) is 23.7 Å². The first-order valence-corrected chi connectivity index (χ1v) is 16.8. The van der Waals surface area contributed by atoms with Crippen LogP contribution < -0.4 is 14.4 Å². The summed E-state index contributed by atoms with van der Waals surface area (Å²) < 4.78 is 32.6. The molecule has 0 unspecified atom stereocenters. The molecule has 0 spiro atoms. The Bertz CT molecular complexity index is 1430. The van der Waals surface area contributed by atoms with Gasteiger partial charge in [-0.15, -0.1) is 0 Å². The Labute approximate surface area is 261 Å². The Hall–Kier alpha value is -3.56. The Morgan fingerprint density at radius 3 is 2.21 bits per heavy atom. The first-order valence-electron chi connectivity index (χ1n) is 14.6. The van der Waals surface area contributed by atoms with Crippen LogP contribution >= 0.6 is 11.6 Å². The minimum atomic E-state index is -3.66. The maximum absolute atomic E-state index is 14.0. The number of amides is 2. The van der Waals surface area contributed by atoms with Gasteiger partial charge in [-0.3, -0.25) is 13.9 Å². The Morgan fingerprint density at radius 2 is 1.58 bits per heavy atom. The van der Waals surface area contributed by atoms with Crippen molar-refractivity contribution < 1.29 is 22.7 Å². The molecule has 0 saturated heterocycles. The average Bonchev–Trinajstić information content (AvgIpc) is 2.98. The first-order chi connectivity index (χ1) is 20.5. The number of hydrogen-bond acceptors (Lipinski definition) is 5. The molecule has 0 saturated carbocycles. The maximum Gasteiger partial charge on any atom is 0.243 e. The van der Waals surface area contributed by atoms with E-state index in [0.717, 1.165) is 23.8 Å². The number of rotatable bonds is 16. The van der Waals surface area contributed by atoms with Crippen LogP contribution in [0.4, 0.5) is 5.69 Å². The highest BCUT2D eigenvalue weighted by Gasteiger charge is 2.31. The minimum absolute atomic E-state index is 0.0400. The van der Waals surface area contributed by atoms with Gasteiger partial charge >= 0.3 is 0 Å². The van der Waals surface area contributed by atoms with E-state index >= 15 is 0 Å². The fraction of sp³-hybridized carbons (Fsp3) is 0.394. The van der Waals surface area contributed by atoms with Crippen molar-refractivity contribution in [2.24, 2.45) is 0 Å². The fourth-order valence-corrected chi connectivity index (χ4v) is 5.80. The molecule has 0 aliphatic carbocycles. The highest BCUT2D eigenvalue weighted by atomic mass is 35.5. The molecule has 0 heterocycles. The Morgan fingerprint density at radius 1 is 0.930 bits per heavy atom. The van der Waals surface area contributed by atoms with Crippen LogP contribution in [0.1, 0.15) is 51.2 Å². The summed E-state index contributed by atoms with van der Waals surface area (Å²) in [7, 11) is -3.66. The van der Waals surface area contributed by atoms with Crippen LogP contribution in [0.25, 0.3) is 0 Å². The third-order valence-electron chi connectivity index (χ3n) is 7.12. The van der Waals surface area contributed by atoms with Gasteiger partial charge < -0.3 is 15.0 Å². The SMILES string of the molecule is CCOc1ccccc1N(CCCC(=O)N(Cc1ccc(Cl)cc1)[C@@H](Cc1ccccc1)C(=O)N[C@@H](C)CC)S(C)(=O)=O. The van der Waals surface area contributed by atoms with Crippen LogP contribution in [-0.2, 0) is 32.6 Å². The van der Waals surface area contributed by atoms with E-state index in [1.807, 2.05) is 63.2 Å². The molecule has 2 atom stereocenters. The summed E-state index contributed by atoms with van der Waals surface area (Å²) in [5, 5.41) is 3.63. The monoisotopic (exact) mass is 627 g/mol. The topological polar surface area (TPSA) is 96.0 Å². The van der Waals surface area contributed by atoms with E-state index in [-0.39, 0.29) is 43.8 Å². The van der Waals surface area contributed by atoms with Crippen LogP contribution in [-0.4, -0.2) is 56.6 Å². The lowest BCUT2D eigenvalue weighted by Gasteiger charge is -2.33. The summed E-state index contributed by atoms with van der Waals surface area (Å²) in [6.07, 6.45) is 2.51. The molecule has 3 rings (SSSR count). The number of carbonyl (C=O) groups excluding carboxylic acids is 2. The molecule has 8 nitrogen and oxygen atoms in total. The molecule has 3 aromatic carbocycles. The van der Waals surface area contributed by atoms with Gasteiger partial charge in [0.25, 0.3) is 0 Å². The number of sulfonamides is 1. The number of nitrogens with zero attached hydrogens (tertiary/aromatic N) is 2. The number of hydrogen-bond donors (Lipinski definition) is 1. The second-order valence-electron chi connectivity index (χ2n) is 10.5. The Kier molecular flexibility index (Phi) is 12.9. The lowest BCUT2D eigenvalue weighted by Crippen LogP contribution is -2.52. The molecule has 43 heavy (non-hydrogen) atoms. The third-order valence-corrected chi connectivity index (χ3v) is 8.56. The van der Waals surface area contributed by atoms with Crippen molar-refractivity contribution in [1.82, 2.24) is 10.2 Å². The number of carbonyl (C=O) groups is 2. The molecule has 0 aromatic heterocycles. The molecule has 0 aliphatic heterocycles. The number of ether oxygens (including phenoxy) is 1. The normalized spacial score (nSPS) is 12.7. The van der Waals surface area contributed by atoms with Gasteiger partial charge in [0.15, 0.2) is 0 Å². The fourth-order valence-electron chi connectivity index (χ4n) is 4.70. The smallest absolute Gasteiger partial charge is 0.243 e. The van der Waals surface area contributed by atoms with E-state index in [4.69, 9.17) is 16.3 Å². The van der Waals surface area contributed by atoms with Gasteiger partial charge in [0, 0.05) is 37.0 Å². The van der Waals surface area contributed by atoms with Crippen molar-refractivity contribution in [3.63, 3.8) is 0 Å². The third kappa shape index (κ3) is 10.3. The molecule has 1 N–H and O–H groups in total. The average molecular weight is 628 g/mol. The van der Waals surface area contributed by atoms with Crippen molar-refractivity contribution in [3.8, 4) is 5.75 Å². The predicted molar refractivity (Wildman–Crippen MR) is 173 cm³/mol. The summed E-state index contributed by atoms with van der Waals surface area (Å²) in [5.41, 5.74) is 2.18. The highest BCUT2D eigenvalue weighted by Crippen LogP contribution is 2.30. The number of halogens is 1. The van der Waals surface area contributed by atoms with Gasteiger partial charge in [-0.1, -0.05) is 73.1 Å². The highest BCUT2D eigenvalue weighted by molar-refractivity contribution is 7.92. The van der Waals surface area contributed by atoms with Crippen LogP contribution in [0, 0.1) is 0 Å². The summed E-state index contributed by atoms with van der Waals surface area (Å²) in [6, 6.07) is 22.9. The van der Waals surface area contributed by atoms with Crippen LogP contribution in [0.3, 0.4) is 0 Å². The van der Waals surface area contributed by atoms with E-state index < -0.39 is 16.1 Å². The molecule has 0 aliphatic rings. The van der Waals surface area contributed by atoms with Gasteiger partial charge in [-0.05, 0) is 62.1 Å². The zero-order valence-corrected chi connectivity index (χ0v) is 26.9. The second kappa shape index (κ2) is 16.3. The maximum atomic E-state index is 14.0. The van der Waals surface area contributed by atoms with Gasteiger partial charge in [0.1, 0.15) is 11.8 Å². The molecule has 0 bridgehead atoms. The minimum Gasteiger partial charge on any atom is -0.492 e. The Balaban J connectivity index is 1.90. The van der Waals surface area contributed by atoms with Gasteiger partial charge in [-0.25, -0.2) is 8.42 Å². The molecule has 0 fully saturated rings. The second-order valence-corrected chi connectivity index (χ2v) is 12.9. The molecule has 3 aromatic rings. The van der Waals surface area contributed by atoms with Crippen LogP contribution in [0.15, 0.2) is 78.9 Å². The number of para-hydroxylation sites is 2. The van der Waals surface area contributed by atoms with Crippen LogP contribution in [0.5, 0.6) is 5.75 Å². The molecule has 0 radical (unpaired) electrons. The first kappa shape index (κ1) is 33.9. The summed E-state index contributed by atoms with van der Waals surface area (Å²) >= 11 is 6.11. The zero-order valence-electron chi connectivity index (χ0n) is 25.3.